The maximum atomic E-state index is 11.1. The Labute approximate surface area is 74.7 Å². The van der Waals surface area contributed by atoms with E-state index in [4.69, 9.17) is 4.74 Å². The van der Waals surface area contributed by atoms with Crippen LogP contribution in [0, 0.1) is 0 Å². The summed E-state index contributed by atoms with van der Waals surface area (Å²) >= 11 is 0. The predicted molar refractivity (Wildman–Crippen MR) is 44.3 cm³/mol. The quantitative estimate of drug-likeness (QED) is 0.619. The van der Waals surface area contributed by atoms with E-state index in [2.05, 4.69) is 5.10 Å². The average Bonchev–Trinajstić information content (AvgIpc) is 2.41. The van der Waals surface area contributed by atoms with Crippen molar-refractivity contribution < 1.29 is 9.53 Å². The third-order valence-corrected chi connectivity index (χ3v) is 1.46. The van der Waals surface area contributed by atoms with Crippen LogP contribution >= 0.6 is 0 Å². The van der Waals surface area contributed by atoms with E-state index in [9.17, 15) is 9.59 Å². The second-order valence-electron chi connectivity index (χ2n) is 2.48. The Morgan fingerprint density at radius 2 is 2.31 bits per heavy atom. The van der Waals surface area contributed by atoms with Gasteiger partial charge in [0, 0.05) is 7.05 Å². The van der Waals surface area contributed by atoms with Crippen LogP contribution in [0.15, 0.2) is 4.79 Å². The molecule has 0 spiro atoms. The van der Waals surface area contributed by atoms with Gasteiger partial charge in [0.2, 0.25) is 0 Å². The summed E-state index contributed by atoms with van der Waals surface area (Å²) in [4.78, 5) is 21.3. The van der Waals surface area contributed by atoms with E-state index < -0.39 is 5.69 Å². The van der Waals surface area contributed by atoms with Crippen molar-refractivity contribution in [2.75, 3.05) is 6.61 Å². The van der Waals surface area contributed by atoms with Gasteiger partial charge in [-0.15, -0.1) is 9.78 Å². The van der Waals surface area contributed by atoms with Crippen LogP contribution in [0.5, 0.6) is 6.01 Å². The van der Waals surface area contributed by atoms with Gasteiger partial charge < -0.3 is 4.74 Å². The highest BCUT2D eigenvalue weighted by Crippen LogP contribution is 1.99. The number of aromatic nitrogens is 3. The minimum absolute atomic E-state index is 0.134. The molecule has 0 aliphatic rings. The predicted octanol–water partition coefficient (Wildman–Crippen LogP) is -0.714. The molecule has 0 aliphatic carbocycles. The zero-order chi connectivity index (χ0) is 9.84. The third kappa shape index (κ3) is 1.77. The van der Waals surface area contributed by atoms with Crippen molar-refractivity contribution in [3.8, 4) is 6.01 Å². The minimum atomic E-state index is -0.555. The molecule has 0 unspecified atom stereocenters. The second-order valence-corrected chi connectivity index (χ2v) is 2.48. The molecule has 0 N–H and O–H groups in total. The molecule has 0 aromatic carbocycles. The summed E-state index contributed by atoms with van der Waals surface area (Å²) in [6.45, 7) is 2.39. The largest absolute Gasteiger partial charge is 0.464 e. The van der Waals surface area contributed by atoms with Crippen molar-refractivity contribution in [2.45, 2.75) is 13.3 Å². The van der Waals surface area contributed by atoms with Crippen LogP contribution in [-0.4, -0.2) is 27.4 Å². The normalized spacial score (nSPS) is 10.0. The zero-order valence-electron chi connectivity index (χ0n) is 7.48. The van der Waals surface area contributed by atoms with Crippen LogP contribution < -0.4 is 10.4 Å². The molecule has 0 saturated heterocycles. The lowest BCUT2D eigenvalue weighted by Crippen LogP contribution is -2.22. The first-order valence-corrected chi connectivity index (χ1v) is 3.87. The standard InChI is InChI=1S/C7H10N3O3/c1-3-4-13-6-8-10(5-11)7(12)9(6)2/h3-4H2,1-2H3. The van der Waals surface area contributed by atoms with Crippen molar-refractivity contribution in [3.63, 3.8) is 0 Å². The molecule has 6 nitrogen and oxygen atoms in total. The van der Waals surface area contributed by atoms with Gasteiger partial charge in [-0.1, -0.05) is 6.92 Å². The second kappa shape index (κ2) is 3.88. The maximum Gasteiger partial charge on any atom is 0.356 e. The molecule has 0 fully saturated rings. The summed E-state index contributed by atoms with van der Waals surface area (Å²) in [7, 11) is 1.48. The van der Waals surface area contributed by atoms with Gasteiger partial charge >= 0.3 is 18.1 Å². The molecule has 1 radical (unpaired) electrons. The lowest BCUT2D eigenvalue weighted by atomic mass is 10.5. The summed E-state index contributed by atoms with van der Waals surface area (Å²) in [5, 5.41) is 3.59. The van der Waals surface area contributed by atoms with E-state index in [1.807, 2.05) is 6.92 Å². The van der Waals surface area contributed by atoms with Crippen LogP contribution in [-0.2, 0) is 11.8 Å². The first kappa shape index (κ1) is 9.50. The molecule has 0 atom stereocenters. The first-order valence-electron chi connectivity index (χ1n) is 3.87. The van der Waals surface area contributed by atoms with Crippen molar-refractivity contribution in [1.82, 2.24) is 14.3 Å². The van der Waals surface area contributed by atoms with Gasteiger partial charge in [-0.2, -0.15) is 0 Å². The minimum Gasteiger partial charge on any atom is -0.464 e. The number of nitrogens with zero attached hydrogens (tertiary/aromatic N) is 3. The fourth-order valence-electron chi connectivity index (χ4n) is 0.798. The molecule has 71 valence electrons. The monoisotopic (exact) mass is 184 g/mol. The fourth-order valence-corrected chi connectivity index (χ4v) is 0.798. The maximum absolute atomic E-state index is 11.1. The molecule has 0 bridgehead atoms. The number of carbonyl (C=O) groups excluding carboxylic acids is 1. The van der Waals surface area contributed by atoms with Gasteiger partial charge in [0.15, 0.2) is 0 Å². The Balaban J connectivity index is 2.96. The number of ether oxygens (including phenoxy) is 1. The molecule has 13 heavy (non-hydrogen) atoms. The fraction of sp³-hybridized carbons (Fsp3) is 0.571. The highest BCUT2D eigenvalue weighted by Gasteiger charge is 2.10. The van der Waals surface area contributed by atoms with Crippen molar-refractivity contribution in [1.29, 1.82) is 0 Å². The van der Waals surface area contributed by atoms with E-state index in [1.54, 1.807) is 0 Å². The zero-order valence-corrected chi connectivity index (χ0v) is 7.48. The van der Waals surface area contributed by atoms with Crippen LogP contribution in [0.2, 0.25) is 0 Å². The highest BCUT2D eigenvalue weighted by molar-refractivity contribution is 5.49. The van der Waals surface area contributed by atoms with Crippen LogP contribution in [0.1, 0.15) is 13.3 Å². The molecular weight excluding hydrogens is 174 g/mol. The third-order valence-electron chi connectivity index (χ3n) is 1.46. The SMILES string of the molecule is CCCOc1nn([C]=O)c(=O)n1C. The van der Waals surface area contributed by atoms with Crippen molar-refractivity contribution in [3.05, 3.63) is 10.5 Å². The molecular formula is C7H10N3O3. The van der Waals surface area contributed by atoms with Gasteiger partial charge in [-0.3, -0.25) is 4.79 Å². The highest BCUT2D eigenvalue weighted by atomic mass is 16.5. The van der Waals surface area contributed by atoms with Gasteiger partial charge in [-0.05, 0) is 6.42 Å². The van der Waals surface area contributed by atoms with Gasteiger partial charge in [0.25, 0.3) is 0 Å². The van der Waals surface area contributed by atoms with Gasteiger partial charge in [0.1, 0.15) is 0 Å². The Hall–Kier alpha value is -1.59. The molecule has 0 aliphatic heterocycles. The first-order chi connectivity index (χ1) is 6.20. The van der Waals surface area contributed by atoms with E-state index in [0.29, 0.717) is 11.3 Å². The number of hydrogen-bond donors (Lipinski definition) is 0. The van der Waals surface area contributed by atoms with E-state index in [-0.39, 0.29) is 6.01 Å². The van der Waals surface area contributed by atoms with Crippen LogP contribution in [0.4, 0.5) is 0 Å². The van der Waals surface area contributed by atoms with E-state index in [1.165, 1.54) is 13.5 Å². The molecule has 1 rings (SSSR count). The summed E-state index contributed by atoms with van der Waals surface area (Å²) in [6.07, 6.45) is 2.19. The van der Waals surface area contributed by atoms with E-state index in [0.717, 1.165) is 11.0 Å². The van der Waals surface area contributed by atoms with Gasteiger partial charge in [0.05, 0.1) is 6.61 Å². The molecule has 0 amide bonds. The smallest absolute Gasteiger partial charge is 0.356 e. The van der Waals surface area contributed by atoms with Crippen molar-refractivity contribution >= 4 is 6.41 Å². The van der Waals surface area contributed by atoms with Crippen LogP contribution in [0.3, 0.4) is 0 Å². The Morgan fingerprint density at radius 1 is 1.62 bits per heavy atom. The lowest BCUT2D eigenvalue weighted by molar-refractivity contribution is 0.280. The van der Waals surface area contributed by atoms with Crippen LogP contribution in [0.25, 0.3) is 0 Å². The molecule has 1 aromatic rings. The molecule has 1 aromatic heterocycles. The van der Waals surface area contributed by atoms with E-state index >= 15 is 0 Å². The lowest BCUT2D eigenvalue weighted by Gasteiger charge is -1.99. The molecule has 6 heteroatoms. The topological polar surface area (TPSA) is 66.1 Å². The summed E-state index contributed by atoms with van der Waals surface area (Å²) in [5.74, 6) is 0. The number of rotatable bonds is 4. The summed E-state index contributed by atoms with van der Waals surface area (Å²) < 4.78 is 6.83. The van der Waals surface area contributed by atoms with Gasteiger partial charge in [-0.25, -0.2) is 9.36 Å². The molecule has 1 heterocycles. The average molecular weight is 184 g/mol. The Morgan fingerprint density at radius 3 is 2.77 bits per heavy atom. The molecule has 0 saturated carbocycles. The summed E-state index contributed by atoms with van der Waals surface area (Å²) in [5.41, 5.74) is -0.555. The Bertz CT molecular complexity index is 352. The number of hydrogen-bond acceptors (Lipinski definition) is 4. The Kier molecular flexibility index (Phi) is 2.84. The summed E-state index contributed by atoms with van der Waals surface area (Å²) in [6, 6.07) is 0.134. The van der Waals surface area contributed by atoms with Crippen molar-refractivity contribution in [2.24, 2.45) is 7.05 Å².